The highest BCUT2D eigenvalue weighted by atomic mass is 32.1. The maximum atomic E-state index is 5.40. The minimum Gasteiger partial charge on any atom is -0.282 e. The van der Waals surface area contributed by atoms with Gasteiger partial charge in [-0.3, -0.25) is 4.57 Å². The predicted molar refractivity (Wildman–Crippen MR) is 215 cm³/mol. The third kappa shape index (κ3) is 4.08. The van der Waals surface area contributed by atoms with Crippen LogP contribution >= 0.6 is 22.7 Å². The number of allylic oxidation sites excluding steroid dienone is 1. The van der Waals surface area contributed by atoms with E-state index >= 15 is 0 Å². The van der Waals surface area contributed by atoms with Gasteiger partial charge in [0.05, 0.1) is 16.7 Å². The minimum atomic E-state index is 0.731. The van der Waals surface area contributed by atoms with Crippen molar-refractivity contribution in [3.05, 3.63) is 150 Å². The molecule has 0 spiro atoms. The molecule has 0 bridgehead atoms. The lowest BCUT2D eigenvalue weighted by Gasteiger charge is -2.18. The maximum absolute atomic E-state index is 5.40. The fraction of sp³-hybridized carbons (Fsp3) is 0.0667. The molecular weight excluding hydrogens is 647 g/mol. The van der Waals surface area contributed by atoms with Gasteiger partial charge in [-0.25, -0.2) is 9.97 Å². The van der Waals surface area contributed by atoms with Gasteiger partial charge in [-0.05, 0) is 61.2 Å². The first kappa shape index (κ1) is 28.2. The van der Waals surface area contributed by atoms with Crippen LogP contribution in [0.4, 0.5) is 0 Å². The molecule has 1 aliphatic rings. The lowest BCUT2D eigenvalue weighted by Crippen LogP contribution is -2.09. The van der Waals surface area contributed by atoms with Crippen LogP contribution in [0, 0.1) is 6.92 Å². The summed E-state index contributed by atoms with van der Waals surface area (Å²) in [6.07, 6.45) is 4.34. The van der Waals surface area contributed by atoms with Crippen LogP contribution in [0.2, 0.25) is 0 Å². The molecule has 0 fully saturated rings. The Morgan fingerprint density at radius 2 is 1.26 bits per heavy atom. The van der Waals surface area contributed by atoms with E-state index < -0.39 is 0 Å². The van der Waals surface area contributed by atoms with Crippen molar-refractivity contribution in [2.75, 3.05) is 0 Å². The normalized spacial score (nSPS) is 13.3. The SMILES string of the molecule is Cc1ccc(-c2nc(-n3c4c(c5c6sc7ccccc7c6ccc53)C=C(c3cccc5c3sc3ccccc35)CC4)nc3ccccc23)cc1. The molecule has 6 aromatic carbocycles. The van der Waals surface area contributed by atoms with Crippen LogP contribution in [0.1, 0.15) is 28.8 Å². The van der Waals surface area contributed by atoms with Crippen molar-refractivity contribution in [1.82, 2.24) is 14.5 Å². The molecule has 0 unspecified atom stereocenters. The summed E-state index contributed by atoms with van der Waals surface area (Å²) in [6.45, 7) is 2.13. The molecule has 0 N–H and O–H groups in total. The van der Waals surface area contributed by atoms with Crippen LogP contribution in [0.5, 0.6) is 0 Å². The number of benzene rings is 6. The molecule has 4 heterocycles. The molecule has 11 rings (SSSR count). The monoisotopic (exact) mass is 675 g/mol. The Hall–Kier alpha value is -5.62. The first-order chi connectivity index (χ1) is 24.7. The molecule has 4 aromatic heterocycles. The number of thiophene rings is 2. The Morgan fingerprint density at radius 1 is 0.580 bits per heavy atom. The van der Waals surface area contributed by atoms with Gasteiger partial charge in [0.1, 0.15) is 0 Å². The number of rotatable bonds is 3. The van der Waals surface area contributed by atoms with Gasteiger partial charge in [0.15, 0.2) is 0 Å². The molecule has 0 saturated carbocycles. The number of para-hydroxylation sites is 1. The summed E-state index contributed by atoms with van der Waals surface area (Å²) in [6, 6.07) is 46.2. The number of hydrogen-bond acceptors (Lipinski definition) is 4. The molecule has 0 atom stereocenters. The van der Waals surface area contributed by atoms with E-state index in [1.165, 1.54) is 73.7 Å². The standard InChI is InChI=1S/C45H29N3S2/c1-26-17-19-27(20-18-26)42-34-11-2-5-14-36(34)46-45(47-42)48-37-23-21-28(29-12-8-13-32-30-9-3-6-15-39(30)49-43(29)32)25-35(37)41-38(48)24-22-33-31-10-4-7-16-40(31)50-44(33)41/h2-20,22,24-25H,21,23H2,1H3. The molecule has 0 aliphatic heterocycles. The van der Waals surface area contributed by atoms with Crippen molar-refractivity contribution in [1.29, 1.82) is 0 Å². The van der Waals surface area contributed by atoms with Gasteiger partial charge < -0.3 is 0 Å². The number of fused-ring (bicyclic) bond motifs is 11. The largest absolute Gasteiger partial charge is 0.282 e. The van der Waals surface area contributed by atoms with Gasteiger partial charge in [0.2, 0.25) is 5.95 Å². The fourth-order valence-corrected chi connectivity index (χ4v) is 10.6. The molecule has 10 aromatic rings. The van der Waals surface area contributed by atoms with Crippen LogP contribution in [0.25, 0.3) is 91.0 Å². The summed E-state index contributed by atoms with van der Waals surface area (Å²) in [7, 11) is 0. The summed E-state index contributed by atoms with van der Waals surface area (Å²) in [5.74, 6) is 0.731. The van der Waals surface area contributed by atoms with Gasteiger partial charge in [0, 0.05) is 67.9 Å². The average molecular weight is 676 g/mol. The molecule has 5 heteroatoms. The molecule has 3 nitrogen and oxygen atoms in total. The molecular formula is C45H29N3S2. The Labute approximate surface area is 296 Å². The van der Waals surface area contributed by atoms with Gasteiger partial charge in [-0.15, -0.1) is 22.7 Å². The van der Waals surface area contributed by atoms with Gasteiger partial charge in [-0.1, -0.05) is 109 Å². The minimum absolute atomic E-state index is 0.731. The molecule has 236 valence electrons. The van der Waals surface area contributed by atoms with E-state index in [2.05, 4.69) is 145 Å². The third-order valence-corrected chi connectivity index (χ3v) is 12.9. The van der Waals surface area contributed by atoms with Gasteiger partial charge in [0.25, 0.3) is 0 Å². The topological polar surface area (TPSA) is 30.7 Å². The van der Waals surface area contributed by atoms with Crippen molar-refractivity contribution < 1.29 is 0 Å². The Morgan fingerprint density at radius 3 is 2.06 bits per heavy atom. The molecule has 0 amide bonds. The van der Waals surface area contributed by atoms with Crippen LogP contribution in [0.15, 0.2) is 127 Å². The van der Waals surface area contributed by atoms with E-state index in [-0.39, 0.29) is 0 Å². The number of aromatic nitrogens is 3. The van der Waals surface area contributed by atoms with E-state index in [1.807, 2.05) is 22.7 Å². The zero-order valence-corrected chi connectivity index (χ0v) is 28.9. The predicted octanol–water partition coefficient (Wildman–Crippen LogP) is 12.8. The molecule has 1 aliphatic carbocycles. The summed E-state index contributed by atoms with van der Waals surface area (Å²) in [5.41, 5.74) is 10.7. The highest BCUT2D eigenvalue weighted by Gasteiger charge is 2.27. The second-order valence-electron chi connectivity index (χ2n) is 13.3. The Kier molecular flexibility index (Phi) is 6.04. The Bertz CT molecular complexity index is 3050. The molecule has 50 heavy (non-hydrogen) atoms. The first-order valence-electron chi connectivity index (χ1n) is 17.1. The average Bonchev–Trinajstić information content (AvgIpc) is 3.84. The highest BCUT2D eigenvalue weighted by Crippen LogP contribution is 2.47. The quantitative estimate of drug-likeness (QED) is 0.187. The van der Waals surface area contributed by atoms with E-state index in [0.29, 0.717) is 0 Å². The number of aryl methyl sites for hydroxylation is 1. The fourth-order valence-electron chi connectivity index (χ4n) is 8.07. The zero-order chi connectivity index (χ0) is 32.9. The molecule has 0 radical (unpaired) electrons. The smallest absolute Gasteiger partial charge is 0.235 e. The molecule has 0 saturated heterocycles. The summed E-state index contributed by atoms with van der Waals surface area (Å²) in [4.78, 5) is 10.7. The number of hydrogen-bond donors (Lipinski definition) is 0. The van der Waals surface area contributed by atoms with Gasteiger partial charge in [-0.2, -0.15) is 0 Å². The van der Waals surface area contributed by atoms with Crippen molar-refractivity contribution in [3.63, 3.8) is 0 Å². The zero-order valence-electron chi connectivity index (χ0n) is 27.3. The summed E-state index contributed by atoms with van der Waals surface area (Å²) >= 11 is 3.81. The van der Waals surface area contributed by atoms with Gasteiger partial charge >= 0.3 is 0 Å². The summed E-state index contributed by atoms with van der Waals surface area (Å²) < 4.78 is 7.73. The van der Waals surface area contributed by atoms with E-state index in [9.17, 15) is 0 Å². The second kappa shape index (κ2) is 10.7. The summed E-state index contributed by atoms with van der Waals surface area (Å²) in [5, 5.41) is 7.67. The van der Waals surface area contributed by atoms with Crippen molar-refractivity contribution in [2.45, 2.75) is 19.8 Å². The van der Waals surface area contributed by atoms with Crippen LogP contribution in [-0.4, -0.2) is 14.5 Å². The van der Waals surface area contributed by atoms with Crippen molar-refractivity contribution in [3.8, 4) is 17.2 Å². The highest BCUT2D eigenvalue weighted by molar-refractivity contribution is 7.27. The van der Waals surface area contributed by atoms with E-state index in [0.717, 1.165) is 46.5 Å². The first-order valence-corrected chi connectivity index (χ1v) is 18.8. The number of nitrogens with zero attached hydrogens (tertiary/aromatic N) is 3. The van der Waals surface area contributed by atoms with Crippen molar-refractivity contribution in [2.24, 2.45) is 0 Å². The van der Waals surface area contributed by atoms with Crippen molar-refractivity contribution >= 4 is 96.5 Å². The van der Waals surface area contributed by atoms with Crippen LogP contribution in [-0.2, 0) is 6.42 Å². The maximum Gasteiger partial charge on any atom is 0.235 e. The second-order valence-corrected chi connectivity index (χ2v) is 15.4. The third-order valence-electron chi connectivity index (χ3n) is 10.4. The lowest BCUT2D eigenvalue weighted by atomic mass is 9.90. The van der Waals surface area contributed by atoms with Crippen LogP contribution < -0.4 is 0 Å². The van der Waals surface area contributed by atoms with E-state index in [1.54, 1.807) is 0 Å². The Balaban J connectivity index is 1.22. The van der Waals surface area contributed by atoms with Crippen LogP contribution in [0.3, 0.4) is 0 Å². The lowest BCUT2D eigenvalue weighted by molar-refractivity contribution is 0.859. The van der Waals surface area contributed by atoms with E-state index in [4.69, 9.17) is 9.97 Å².